The molecular formula is C15H20ClNO3. The molecule has 4 nitrogen and oxygen atoms in total. The number of amides is 1. The van der Waals surface area contributed by atoms with Gasteiger partial charge in [-0.3, -0.25) is 9.59 Å². The van der Waals surface area contributed by atoms with Crippen LogP contribution in [0.1, 0.15) is 37.8 Å². The van der Waals surface area contributed by atoms with Crippen LogP contribution in [0.4, 0.5) is 0 Å². The van der Waals surface area contributed by atoms with Gasteiger partial charge < -0.3 is 10.4 Å². The van der Waals surface area contributed by atoms with Crippen LogP contribution in [-0.4, -0.2) is 22.5 Å². The molecule has 20 heavy (non-hydrogen) atoms. The molecule has 0 spiro atoms. The number of carboxylic acid groups (broad SMARTS) is 1. The lowest BCUT2D eigenvalue weighted by molar-refractivity contribution is -0.138. The zero-order valence-electron chi connectivity index (χ0n) is 12.0. The second-order valence-corrected chi connectivity index (χ2v) is 5.99. The molecule has 0 bridgehead atoms. The van der Waals surface area contributed by atoms with E-state index in [0.717, 1.165) is 11.1 Å². The van der Waals surface area contributed by atoms with E-state index in [0.29, 0.717) is 17.9 Å². The van der Waals surface area contributed by atoms with Crippen LogP contribution in [0.15, 0.2) is 18.2 Å². The van der Waals surface area contributed by atoms with Crippen LogP contribution in [0.5, 0.6) is 0 Å². The number of rotatable bonds is 6. The smallest absolute Gasteiger partial charge is 0.305 e. The van der Waals surface area contributed by atoms with Gasteiger partial charge in [-0.15, -0.1) is 0 Å². The highest BCUT2D eigenvalue weighted by Gasteiger charge is 2.23. The molecule has 5 heteroatoms. The first-order valence-electron chi connectivity index (χ1n) is 6.47. The summed E-state index contributed by atoms with van der Waals surface area (Å²) in [6.45, 7) is 5.32. The third-order valence-corrected chi connectivity index (χ3v) is 3.36. The summed E-state index contributed by atoms with van der Waals surface area (Å²) in [7, 11) is 0. The number of hydrogen-bond acceptors (Lipinski definition) is 2. The highest BCUT2D eigenvalue weighted by molar-refractivity contribution is 6.31. The predicted octanol–water partition coefficient (Wildman–Crippen LogP) is 2.95. The minimum Gasteiger partial charge on any atom is -0.481 e. The first-order chi connectivity index (χ1) is 9.19. The van der Waals surface area contributed by atoms with E-state index in [2.05, 4.69) is 5.32 Å². The van der Waals surface area contributed by atoms with Crippen molar-refractivity contribution in [3.05, 3.63) is 34.3 Å². The summed E-state index contributed by atoms with van der Waals surface area (Å²) in [6.07, 6.45) is 0.784. The second kappa shape index (κ2) is 6.75. The lowest BCUT2D eigenvalue weighted by atomic mass is 10.00. The van der Waals surface area contributed by atoms with E-state index >= 15 is 0 Å². The molecule has 0 fully saturated rings. The van der Waals surface area contributed by atoms with Crippen molar-refractivity contribution in [2.45, 2.75) is 45.6 Å². The lowest BCUT2D eigenvalue weighted by Gasteiger charge is -2.24. The number of carbonyl (C=O) groups is 2. The van der Waals surface area contributed by atoms with Gasteiger partial charge >= 0.3 is 5.97 Å². The second-order valence-electron chi connectivity index (χ2n) is 5.59. The number of halogens is 1. The average molecular weight is 298 g/mol. The molecule has 0 saturated carbocycles. The van der Waals surface area contributed by atoms with Crippen molar-refractivity contribution in [1.82, 2.24) is 5.32 Å². The Kier molecular flexibility index (Phi) is 5.57. The maximum atomic E-state index is 11.8. The van der Waals surface area contributed by atoms with E-state index in [4.69, 9.17) is 16.7 Å². The van der Waals surface area contributed by atoms with Crippen LogP contribution in [-0.2, 0) is 16.0 Å². The standard InChI is InChI=1S/C15H20ClNO3/c1-10-4-5-11(8-12(10)16)6-7-13(18)17-15(2,3)9-14(19)20/h4-5,8H,6-7,9H2,1-3H3,(H,17,18)(H,19,20). The third-order valence-electron chi connectivity index (χ3n) is 2.95. The molecule has 0 aliphatic carbocycles. The molecule has 1 amide bonds. The first-order valence-corrected chi connectivity index (χ1v) is 6.85. The van der Waals surface area contributed by atoms with Gasteiger partial charge in [0.15, 0.2) is 0 Å². The predicted molar refractivity (Wildman–Crippen MR) is 79.0 cm³/mol. The van der Waals surface area contributed by atoms with Gasteiger partial charge in [0.1, 0.15) is 0 Å². The lowest BCUT2D eigenvalue weighted by Crippen LogP contribution is -2.45. The van der Waals surface area contributed by atoms with Crippen molar-refractivity contribution in [2.75, 3.05) is 0 Å². The summed E-state index contributed by atoms with van der Waals surface area (Å²) < 4.78 is 0. The van der Waals surface area contributed by atoms with E-state index in [9.17, 15) is 9.59 Å². The van der Waals surface area contributed by atoms with Crippen molar-refractivity contribution in [2.24, 2.45) is 0 Å². The van der Waals surface area contributed by atoms with Crippen molar-refractivity contribution in [3.8, 4) is 0 Å². The average Bonchev–Trinajstić information content (AvgIpc) is 2.28. The van der Waals surface area contributed by atoms with Crippen LogP contribution in [0.2, 0.25) is 5.02 Å². The molecule has 2 N–H and O–H groups in total. The normalized spacial score (nSPS) is 11.2. The van der Waals surface area contributed by atoms with Crippen LogP contribution in [0.25, 0.3) is 0 Å². The molecule has 1 rings (SSSR count). The summed E-state index contributed by atoms with van der Waals surface area (Å²) in [5.41, 5.74) is 1.25. The topological polar surface area (TPSA) is 66.4 Å². The van der Waals surface area contributed by atoms with Gasteiger partial charge in [-0.2, -0.15) is 0 Å². The third kappa shape index (κ3) is 5.61. The maximum Gasteiger partial charge on any atom is 0.305 e. The number of carbonyl (C=O) groups excluding carboxylic acids is 1. The summed E-state index contributed by atoms with van der Waals surface area (Å²) in [4.78, 5) is 22.5. The summed E-state index contributed by atoms with van der Waals surface area (Å²) in [5.74, 6) is -1.09. The molecule has 0 radical (unpaired) electrons. The zero-order valence-corrected chi connectivity index (χ0v) is 12.8. The summed E-state index contributed by atoms with van der Waals surface area (Å²) in [6, 6.07) is 5.72. The first kappa shape index (κ1) is 16.5. The fourth-order valence-corrected chi connectivity index (χ4v) is 2.12. The Balaban J connectivity index is 2.51. The van der Waals surface area contributed by atoms with E-state index < -0.39 is 11.5 Å². The molecule has 0 unspecified atom stereocenters. The molecule has 0 aliphatic rings. The Bertz CT molecular complexity index is 512. The fourth-order valence-electron chi connectivity index (χ4n) is 1.91. The van der Waals surface area contributed by atoms with E-state index in [1.165, 1.54) is 0 Å². The summed E-state index contributed by atoms with van der Waals surface area (Å²) >= 11 is 6.03. The Morgan fingerprint density at radius 2 is 2.00 bits per heavy atom. The van der Waals surface area contributed by atoms with Crippen LogP contribution in [0.3, 0.4) is 0 Å². The fraction of sp³-hybridized carbons (Fsp3) is 0.467. The van der Waals surface area contributed by atoms with Gasteiger partial charge in [0.2, 0.25) is 5.91 Å². The SMILES string of the molecule is Cc1ccc(CCC(=O)NC(C)(C)CC(=O)O)cc1Cl. The summed E-state index contributed by atoms with van der Waals surface area (Å²) in [5, 5.41) is 12.2. The van der Waals surface area contributed by atoms with Gasteiger partial charge in [-0.1, -0.05) is 23.7 Å². The van der Waals surface area contributed by atoms with Crippen molar-refractivity contribution in [1.29, 1.82) is 0 Å². The minimum absolute atomic E-state index is 0.102. The monoisotopic (exact) mass is 297 g/mol. The maximum absolute atomic E-state index is 11.8. The van der Waals surface area contributed by atoms with Crippen molar-refractivity contribution in [3.63, 3.8) is 0 Å². The van der Waals surface area contributed by atoms with Gasteiger partial charge in [-0.25, -0.2) is 0 Å². The van der Waals surface area contributed by atoms with Gasteiger partial charge in [-0.05, 0) is 44.4 Å². The quantitative estimate of drug-likeness (QED) is 0.848. The number of aliphatic carboxylic acids is 1. The van der Waals surface area contributed by atoms with E-state index in [-0.39, 0.29) is 12.3 Å². The molecular weight excluding hydrogens is 278 g/mol. The molecule has 0 saturated heterocycles. The van der Waals surface area contributed by atoms with E-state index in [1.54, 1.807) is 13.8 Å². The molecule has 0 aliphatic heterocycles. The molecule has 1 aromatic carbocycles. The molecule has 0 atom stereocenters. The highest BCUT2D eigenvalue weighted by Crippen LogP contribution is 2.18. The van der Waals surface area contributed by atoms with Crippen LogP contribution >= 0.6 is 11.6 Å². The van der Waals surface area contributed by atoms with Gasteiger partial charge in [0, 0.05) is 17.0 Å². The van der Waals surface area contributed by atoms with E-state index in [1.807, 2.05) is 25.1 Å². The Morgan fingerprint density at radius 1 is 1.35 bits per heavy atom. The molecule has 0 aromatic heterocycles. The Morgan fingerprint density at radius 3 is 2.55 bits per heavy atom. The number of hydrogen-bond donors (Lipinski definition) is 2. The number of aryl methyl sites for hydroxylation is 2. The van der Waals surface area contributed by atoms with Gasteiger partial charge in [0.25, 0.3) is 0 Å². The Hall–Kier alpha value is -1.55. The van der Waals surface area contributed by atoms with Crippen molar-refractivity contribution >= 4 is 23.5 Å². The van der Waals surface area contributed by atoms with Crippen LogP contribution in [0, 0.1) is 6.92 Å². The largest absolute Gasteiger partial charge is 0.481 e. The molecule has 110 valence electrons. The number of carboxylic acids is 1. The van der Waals surface area contributed by atoms with Gasteiger partial charge in [0.05, 0.1) is 6.42 Å². The van der Waals surface area contributed by atoms with Crippen molar-refractivity contribution < 1.29 is 14.7 Å². The molecule has 1 aromatic rings. The number of benzene rings is 1. The zero-order chi connectivity index (χ0) is 15.3. The van der Waals surface area contributed by atoms with Crippen LogP contribution < -0.4 is 5.32 Å². The molecule has 0 heterocycles. The Labute approximate surface area is 124 Å². The minimum atomic E-state index is -0.930. The highest BCUT2D eigenvalue weighted by atomic mass is 35.5. The number of nitrogens with one attached hydrogen (secondary N) is 1.